The lowest BCUT2D eigenvalue weighted by atomic mass is 9.85. The van der Waals surface area contributed by atoms with Crippen LogP contribution in [0, 0.1) is 5.41 Å². The predicted octanol–water partition coefficient (Wildman–Crippen LogP) is 4.41. The molecule has 18 nitrogen and oxygen atoms in total. The summed E-state index contributed by atoms with van der Waals surface area (Å²) in [6.07, 6.45) is 8.17. The lowest BCUT2D eigenvalue weighted by Crippen LogP contribution is -2.54. The van der Waals surface area contributed by atoms with E-state index in [2.05, 4.69) is 35.6 Å². The van der Waals surface area contributed by atoms with Crippen LogP contribution in [0.2, 0.25) is 5.02 Å². The molecule has 2 unspecified atom stereocenters. The van der Waals surface area contributed by atoms with Crippen LogP contribution in [0.3, 0.4) is 0 Å². The van der Waals surface area contributed by atoms with Crippen LogP contribution in [0.25, 0.3) is 10.9 Å². The number of likely N-dealkylation sites (tertiary alicyclic amines) is 1. The van der Waals surface area contributed by atoms with Gasteiger partial charge in [0.15, 0.2) is 18.2 Å². The number of benzene rings is 2. The third-order valence-corrected chi connectivity index (χ3v) is 14.8. The van der Waals surface area contributed by atoms with Crippen LogP contribution in [-0.4, -0.2) is 131 Å². The molecule has 5 amide bonds. The summed E-state index contributed by atoms with van der Waals surface area (Å²) in [7, 11) is 1.51. The number of halogens is 1. The number of amides is 5. The van der Waals surface area contributed by atoms with Crippen molar-refractivity contribution in [3.8, 4) is 5.75 Å². The van der Waals surface area contributed by atoms with Crippen LogP contribution in [-0.2, 0) is 19.1 Å². The van der Waals surface area contributed by atoms with Gasteiger partial charge in [0.05, 0.1) is 35.0 Å². The molecule has 3 N–H and O–H groups in total. The first-order valence-corrected chi connectivity index (χ1v) is 23.7. The number of imide groups is 2. The number of ether oxygens (including phenoxy) is 2. The van der Waals surface area contributed by atoms with Crippen molar-refractivity contribution in [2.24, 2.45) is 5.41 Å². The number of nitrogens with zero attached hydrogens (tertiary/aromatic N) is 7. The summed E-state index contributed by atoms with van der Waals surface area (Å²) in [6.45, 7) is 8.91. The minimum atomic E-state index is -0.978. The summed E-state index contributed by atoms with van der Waals surface area (Å²) in [5, 5.41) is 9.22. The zero-order chi connectivity index (χ0) is 46.7. The molecule has 19 heteroatoms. The van der Waals surface area contributed by atoms with Crippen LogP contribution in [0.4, 0.5) is 23.1 Å². The average Bonchev–Trinajstić information content (AvgIpc) is 3.99. The van der Waals surface area contributed by atoms with E-state index < -0.39 is 29.7 Å². The van der Waals surface area contributed by atoms with Gasteiger partial charge in [0, 0.05) is 80.5 Å². The number of nitrogens with one attached hydrogen (secondary N) is 3. The standard InChI is InChI=1S/C48H55ClN10O8/c1-27(2)58-37-7-4-29(18-28(37)19-39(46(58)65)66-24-41(61)50-3)52-42-36(49)23-51-47(54-42)55-14-10-32(11-15-55)67-33-20-31(21-33)57-17-13-48(26-57)12-16-56(25-48)30-5-6-34-35(22-30)45(64)59(44(34)63)38-8-9-40(60)53-43(38)62/h4-7,18-19,22-23,27,31-33,38H,8-17,20-21,24-26H2,1-3H3,(H,50,61)(H,51,52,54)(H,53,60,62)/t31-,33-,38?,48?. The van der Waals surface area contributed by atoms with Crippen molar-refractivity contribution in [3.05, 3.63) is 75.2 Å². The number of piperidine rings is 2. The fourth-order valence-electron chi connectivity index (χ4n) is 10.8. The monoisotopic (exact) mass is 934 g/mol. The van der Waals surface area contributed by atoms with Gasteiger partial charge < -0.3 is 34.5 Å². The molecule has 7 heterocycles. The van der Waals surface area contributed by atoms with E-state index in [-0.39, 0.29) is 60.3 Å². The van der Waals surface area contributed by atoms with Gasteiger partial charge in [0.1, 0.15) is 11.1 Å². The Bertz CT molecular complexity index is 2730. The first-order valence-electron chi connectivity index (χ1n) is 23.3. The van der Waals surface area contributed by atoms with Crippen molar-refractivity contribution in [2.45, 2.75) is 95.5 Å². The fourth-order valence-corrected chi connectivity index (χ4v) is 10.9. The summed E-state index contributed by atoms with van der Waals surface area (Å²) in [4.78, 5) is 93.6. The van der Waals surface area contributed by atoms with Gasteiger partial charge in [-0.3, -0.25) is 43.9 Å². The fraction of sp³-hybridized carbons (Fsp3) is 0.500. The second-order valence-electron chi connectivity index (χ2n) is 19.1. The molecule has 6 aliphatic rings. The number of anilines is 4. The van der Waals surface area contributed by atoms with Crippen LogP contribution >= 0.6 is 11.6 Å². The average molecular weight is 935 g/mol. The molecule has 4 saturated heterocycles. The number of aromatic nitrogens is 3. The maximum Gasteiger partial charge on any atom is 0.293 e. The molecule has 10 rings (SSSR count). The number of carbonyl (C=O) groups excluding carboxylic acids is 5. The Morgan fingerprint density at radius 1 is 0.910 bits per heavy atom. The molecule has 1 saturated carbocycles. The number of carbonyl (C=O) groups is 5. The lowest BCUT2D eigenvalue weighted by molar-refractivity contribution is -0.136. The Balaban J connectivity index is 0.699. The molecular formula is C48H55ClN10O8. The zero-order valence-electron chi connectivity index (χ0n) is 37.9. The first-order chi connectivity index (χ1) is 32.3. The summed E-state index contributed by atoms with van der Waals surface area (Å²) < 4.78 is 13.9. The van der Waals surface area contributed by atoms with E-state index >= 15 is 0 Å². The van der Waals surface area contributed by atoms with Crippen molar-refractivity contribution in [3.63, 3.8) is 0 Å². The molecule has 67 heavy (non-hydrogen) atoms. The van der Waals surface area contributed by atoms with Gasteiger partial charge in [-0.15, -0.1) is 0 Å². The highest BCUT2D eigenvalue weighted by Crippen LogP contribution is 2.45. The first kappa shape index (κ1) is 44.7. The van der Waals surface area contributed by atoms with Gasteiger partial charge in [-0.25, -0.2) is 4.98 Å². The summed E-state index contributed by atoms with van der Waals surface area (Å²) >= 11 is 6.61. The third-order valence-electron chi connectivity index (χ3n) is 14.5. The maximum absolute atomic E-state index is 13.5. The van der Waals surface area contributed by atoms with Gasteiger partial charge in [-0.2, -0.15) is 4.98 Å². The number of hydrogen-bond donors (Lipinski definition) is 3. The highest BCUT2D eigenvalue weighted by Gasteiger charge is 2.49. The Kier molecular flexibility index (Phi) is 11.9. The van der Waals surface area contributed by atoms with Crippen molar-refractivity contribution in [1.82, 2.24) is 35.0 Å². The van der Waals surface area contributed by atoms with Crippen LogP contribution in [0.5, 0.6) is 5.75 Å². The van der Waals surface area contributed by atoms with Gasteiger partial charge in [0.25, 0.3) is 23.3 Å². The molecule has 2 atom stereocenters. The quantitative estimate of drug-likeness (QED) is 0.169. The van der Waals surface area contributed by atoms with Crippen molar-refractivity contribution >= 4 is 75.2 Å². The van der Waals surface area contributed by atoms with Gasteiger partial charge >= 0.3 is 0 Å². The van der Waals surface area contributed by atoms with Gasteiger partial charge in [-0.05, 0) is 108 Å². The van der Waals surface area contributed by atoms with E-state index in [1.54, 1.807) is 29.0 Å². The number of pyridine rings is 1. The lowest BCUT2D eigenvalue weighted by Gasteiger charge is -2.44. The maximum atomic E-state index is 13.5. The second kappa shape index (κ2) is 17.8. The molecule has 5 fully saturated rings. The second-order valence-corrected chi connectivity index (χ2v) is 19.6. The predicted molar refractivity (Wildman–Crippen MR) is 250 cm³/mol. The van der Waals surface area contributed by atoms with Crippen molar-refractivity contribution < 1.29 is 33.4 Å². The minimum Gasteiger partial charge on any atom is -0.478 e. The molecule has 352 valence electrons. The Labute approximate surface area is 392 Å². The molecule has 0 radical (unpaired) electrons. The van der Waals surface area contributed by atoms with Gasteiger partial charge in [-0.1, -0.05) is 11.6 Å². The largest absolute Gasteiger partial charge is 0.478 e. The highest BCUT2D eigenvalue weighted by molar-refractivity contribution is 6.33. The summed E-state index contributed by atoms with van der Waals surface area (Å²) in [5.74, 6) is -1.16. The van der Waals surface area contributed by atoms with E-state index in [1.165, 1.54) is 7.05 Å². The molecule has 2 aromatic heterocycles. The van der Waals surface area contributed by atoms with Crippen LogP contribution < -0.4 is 36.0 Å². The number of hydrogen-bond acceptors (Lipinski definition) is 14. The van der Waals surface area contributed by atoms with Crippen molar-refractivity contribution in [2.75, 3.05) is 68.0 Å². The summed E-state index contributed by atoms with van der Waals surface area (Å²) in [6, 6.07) is 12.1. The smallest absolute Gasteiger partial charge is 0.293 e. The van der Waals surface area contributed by atoms with E-state index in [9.17, 15) is 28.8 Å². The Hall–Kier alpha value is -6.11. The van der Waals surface area contributed by atoms with Gasteiger partial charge in [0.2, 0.25) is 17.8 Å². The van der Waals surface area contributed by atoms with E-state index in [4.69, 9.17) is 26.1 Å². The number of rotatable bonds is 12. The molecule has 0 bridgehead atoms. The number of fused-ring (bicyclic) bond motifs is 2. The van der Waals surface area contributed by atoms with Crippen LogP contribution in [0.15, 0.2) is 53.5 Å². The van der Waals surface area contributed by atoms with E-state index in [0.29, 0.717) is 39.6 Å². The normalized spacial score (nSPS) is 24.5. The Morgan fingerprint density at radius 3 is 2.45 bits per heavy atom. The molecule has 5 aliphatic heterocycles. The zero-order valence-corrected chi connectivity index (χ0v) is 38.6. The van der Waals surface area contributed by atoms with Crippen molar-refractivity contribution in [1.29, 1.82) is 0 Å². The van der Waals surface area contributed by atoms with E-state index in [0.717, 1.165) is 99.3 Å². The topological polar surface area (TPSA) is 201 Å². The SMILES string of the molecule is CNC(=O)COc1cc2cc(Nc3nc(N4CCC(O[C@H]5C[C@H](N6CCC7(CCN(c8ccc9c(c8)C(=O)N(C8CCC(=O)NC8=O)C9=O)C7)C6)C5)CC4)ncc3Cl)ccc2n(C(C)C)c1=O. The minimum absolute atomic E-state index is 0.0894. The molecule has 2 aromatic carbocycles. The summed E-state index contributed by atoms with van der Waals surface area (Å²) in [5.41, 5.74) is 2.83. The molecule has 1 aliphatic carbocycles. The molecule has 1 spiro atoms. The van der Waals surface area contributed by atoms with Crippen LogP contribution in [0.1, 0.15) is 92.0 Å². The Morgan fingerprint density at radius 2 is 1.69 bits per heavy atom. The number of likely N-dealkylation sites (N-methyl/N-ethyl adjacent to an activating group) is 1. The third kappa shape index (κ3) is 8.59. The highest BCUT2D eigenvalue weighted by atomic mass is 35.5. The van der Waals surface area contributed by atoms with E-state index in [1.807, 2.05) is 38.1 Å². The molecular weight excluding hydrogens is 880 g/mol. The molecule has 4 aromatic rings.